The highest BCUT2D eigenvalue weighted by Gasteiger charge is 2.52. The summed E-state index contributed by atoms with van der Waals surface area (Å²) in [7, 11) is -3.74. The molecule has 1 aliphatic rings. The molecule has 1 aromatic heterocycles. The molecule has 1 N–H and O–H groups in total. The smallest absolute Gasteiger partial charge is 0.476 e. The Labute approximate surface area is 213 Å². The van der Waals surface area contributed by atoms with Crippen LogP contribution in [0, 0.1) is 5.82 Å². The van der Waals surface area contributed by atoms with E-state index in [0.717, 1.165) is 22.9 Å². The molecule has 3 rings (SSSR count). The van der Waals surface area contributed by atoms with Crippen molar-refractivity contribution in [3.8, 4) is 0 Å². The number of nitrogens with zero attached hydrogens (tertiary/aromatic N) is 2. The van der Waals surface area contributed by atoms with Gasteiger partial charge in [-0.25, -0.2) is 17.6 Å². The van der Waals surface area contributed by atoms with Crippen LogP contribution in [0.15, 0.2) is 47.9 Å². The molecule has 0 amide bonds. The third kappa shape index (κ3) is 5.39. The first-order valence-electron chi connectivity index (χ1n) is 11.2. The Morgan fingerprint density at radius 1 is 1.19 bits per heavy atom. The number of hydrogen-bond donors (Lipinski definition) is 1. The maximum atomic E-state index is 14.5. The molecule has 8 nitrogen and oxygen atoms in total. The van der Waals surface area contributed by atoms with Crippen LogP contribution in [-0.4, -0.2) is 52.8 Å². The van der Waals surface area contributed by atoms with Crippen LogP contribution in [0.2, 0.25) is 0 Å². The summed E-state index contributed by atoms with van der Waals surface area (Å²) in [4.78, 5) is 10.5. The number of aryl methyl sites for hydroxylation is 1. The molecule has 200 valence electrons. The normalized spacial score (nSPS) is 18.4. The fourth-order valence-electron chi connectivity index (χ4n) is 3.55. The van der Waals surface area contributed by atoms with Gasteiger partial charge < -0.3 is 14.4 Å². The van der Waals surface area contributed by atoms with Crippen LogP contribution in [0.4, 0.5) is 13.2 Å². The fourth-order valence-corrected chi connectivity index (χ4v) is 4.84. The molecule has 0 radical (unpaired) electrons. The van der Waals surface area contributed by atoms with Gasteiger partial charge in [0, 0.05) is 7.05 Å². The van der Waals surface area contributed by atoms with E-state index in [1.54, 1.807) is 0 Å². The topological polar surface area (TPSA) is 108 Å². The summed E-state index contributed by atoms with van der Waals surface area (Å²) in [5.74, 6) is -7.34. The number of allylic oxidation sites excluding steroid dienone is 2. The van der Waals surface area contributed by atoms with E-state index in [-0.39, 0.29) is 21.6 Å². The Morgan fingerprint density at radius 3 is 2.30 bits per heavy atom. The van der Waals surface area contributed by atoms with Crippen LogP contribution in [0.5, 0.6) is 0 Å². The van der Waals surface area contributed by atoms with Crippen molar-refractivity contribution in [1.29, 1.82) is 0 Å². The number of carboxylic acids is 1. The highest BCUT2D eigenvalue weighted by atomic mass is 32.2. The van der Waals surface area contributed by atoms with E-state index in [0.29, 0.717) is 0 Å². The Bertz CT molecular complexity index is 1370. The number of carboxylic acid groups (broad SMARTS) is 1. The lowest BCUT2D eigenvalue weighted by molar-refractivity contribution is -0.167. The van der Waals surface area contributed by atoms with Gasteiger partial charge in [-0.3, -0.25) is 4.68 Å². The lowest BCUT2D eigenvalue weighted by Crippen LogP contribution is -2.41. The molecule has 0 aliphatic carbocycles. The van der Waals surface area contributed by atoms with Crippen molar-refractivity contribution in [3.05, 3.63) is 60.2 Å². The van der Waals surface area contributed by atoms with E-state index in [9.17, 15) is 26.4 Å². The number of aromatic nitrogens is 2. The van der Waals surface area contributed by atoms with Gasteiger partial charge in [0.15, 0.2) is 9.84 Å². The van der Waals surface area contributed by atoms with Gasteiger partial charge in [0.05, 0.1) is 27.0 Å². The van der Waals surface area contributed by atoms with Crippen molar-refractivity contribution in [2.45, 2.75) is 61.9 Å². The number of carbonyl (C=O) groups is 1. The van der Waals surface area contributed by atoms with E-state index in [1.165, 1.54) is 32.2 Å². The molecular formula is C24H28BF3N2O6S. The van der Waals surface area contributed by atoms with Gasteiger partial charge in [-0.1, -0.05) is 18.7 Å². The summed E-state index contributed by atoms with van der Waals surface area (Å²) in [6, 6.07) is 4.20. The van der Waals surface area contributed by atoms with Crippen LogP contribution in [-0.2, 0) is 36.9 Å². The van der Waals surface area contributed by atoms with Crippen molar-refractivity contribution >= 4 is 34.0 Å². The van der Waals surface area contributed by atoms with Crippen molar-refractivity contribution < 1.29 is 40.8 Å². The number of sulfone groups is 1. The van der Waals surface area contributed by atoms with Crippen molar-refractivity contribution in [3.63, 3.8) is 0 Å². The maximum absolute atomic E-state index is 14.5. The molecule has 37 heavy (non-hydrogen) atoms. The molecule has 1 aromatic carbocycles. The lowest BCUT2D eigenvalue weighted by Gasteiger charge is -2.32. The molecular weight excluding hydrogens is 512 g/mol. The molecule has 1 unspecified atom stereocenters. The highest BCUT2D eigenvalue weighted by Crippen LogP contribution is 2.37. The van der Waals surface area contributed by atoms with Gasteiger partial charge in [-0.15, -0.1) is 0 Å². The number of halogens is 3. The van der Waals surface area contributed by atoms with Crippen LogP contribution in [0.25, 0.3) is 5.57 Å². The quantitative estimate of drug-likeness (QED) is 0.404. The minimum Gasteiger partial charge on any atom is -0.476 e. The Morgan fingerprint density at radius 2 is 1.76 bits per heavy atom. The second-order valence-corrected chi connectivity index (χ2v) is 12.2. The van der Waals surface area contributed by atoms with Crippen LogP contribution in [0.1, 0.15) is 46.0 Å². The first kappa shape index (κ1) is 28.7. The van der Waals surface area contributed by atoms with Gasteiger partial charge in [0.1, 0.15) is 11.5 Å². The van der Waals surface area contributed by atoms with Gasteiger partial charge in [0.25, 0.3) is 0 Å². The first-order chi connectivity index (χ1) is 16.8. The largest absolute Gasteiger partial charge is 0.494 e. The molecule has 1 saturated heterocycles. The fraction of sp³-hybridized carbons (Fsp3) is 0.417. The number of hydrogen-bond acceptors (Lipinski definition) is 6. The number of benzene rings is 1. The van der Waals surface area contributed by atoms with Crippen LogP contribution in [0.3, 0.4) is 0 Å². The number of alkyl halides is 2. The van der Waals surface area contributed by atoms with E-state index in [4.69, 9.17) is 14.4 Å². The average molecular weight is 540 g/mol. The maximum Gasteiger partial charge on any atom is 0.494 e. The number of rotatable bonds is 8. The average Bonchev–Trinajstić information content (AvgIpc) is 3.27. The Hall–Kier alpha value is -2.90. The first-order valence-corrected chi connectivity index (χ1v) is 12.8. The summed E-state index contributed by atoms with van der Waals surface area (Å²) in [5, 5.41) is 11.1. The van der Waals surface area contributed by atoms with E-state index in [2.05, 4.69) is 11.7 Å². The number of aliphatic carboxylic acids is 1. The third-order valence-corrected chi connectivity index (χ3v) is 8.63. The monoisotopic (exact) mass is 540 g/mol. The minimum absolute atomic E-state index is 0.0607. The zero-order chi connectivity index (χ0) is 28.1. The van der Waals surface area contributed by atoms with Gasteiger partial charge >= 0.3 is 19.0 Å². The molecule has 2 heterocycles. The molecule has 1 atom stereocenters. The van der Waals surface area contributed by atoms with Gasteiger partial charge in [-0.05, 0) is 69.9 Å². The predicted octanol–water partition coefficient (Wildman–Crippen LogP) is 3.47. The van der Waals surface area contributed by atoms with Crippen molar-refractivity contribution in [2.24, 2.45) is 7.05 Å². The van der Waals surface area contributed by atoms with Crippen LogP contribution < -0.4 is 5.46 Å². The molecule has 2 aromatic rings. The summed E-state index contributed by atoms with van der Waals surface area (Å²) < 4.78 is 81.4. The van der Waals surface area contributed by atoms with E-state index >= 15 is 0 Å². The predicted molar refractivity (Wildman–Crippen MR) is 132 cm³/mol. The standard InChI is InChI=1S/C24H28BF3N2O6S/c1-14(19-13-20(29-30(19)7)24(27,28)21(31)32)8-9-15(2)37(33,34)18-11-16(10-17(26)12-18)25-35-22(3,4)23(5,6)36-25/h8-13,15H,1H2,2-7H3,(H,31,32). The molecule has 1 fully saturated rings. The SMILES string of the molecule is C=C(C=CC(C)S(=O)(=O)c1cc(F)cc(B2OC(C)(C)C(C)(C)O2)c1)c1cc(C(F)(F)C(=O)O)nn1C. The van der Waals surface area contributed by atoms with Crippen molar-refractivity contribution in [1.82, 2.24) is 9.78 Å². The summed E-state index contributed by atoms with van der Waals surface area (Å²) >= 11 is 0. The third-order valence-electron chi connectivity index (χ3n) is 6.60. The molecule has 1 aliphatic heterocycles. The second-order valence-electron chi connectivity index (χ2n) is 9.86. The Kier molecular flexibility index (Phi) is 7.32. The lowest BCUT2D eigenvalue weighted by atomic mass is 9.79. The highest BCUT2D eigenvalue weighted by molar-refractivity contribution is 7.92. The second kappa shape index (κ2) is 9.45. The zero-order valence-corrected chi connectivity index (χ0v) is 22.1. The summed E-state index contributed by atoms with van der Waals surface area (Å²) in [6.07, 6.45) is 2.55. The minimum atomic E-state index is -4.21. The molecule has 0 saturated carbocycles. The van der Waals surface area contributed by atoms with E-state index in [1.807, 2.05) is 27.7 Å². The molecule has 0 spiro atoms. The molecule has 0 bridgehead atoms. The zero-order valence-electron chi connectivity index (χ0n) is 21.3. The van der Waals surface area contributed by atoms with Crippen molar-refractivity contribution in [2.75, 3.05) is 0 Å². The van der Waals surface area contributed by atoms with Gasteiger partial charge in [0.2, 0.25) is 0 Å². The van der Waals surface area contributed by atoms with E-state index < -0.39 is 56.8 Å². The summed E-state index contributed by atoms with van der Waals surface area (Å²) in [5.41, 5.74) is -2.02. The van der Waals surface area contributed by atoms with Gasteiger partial charge in [-0.2, -0.15) is 13.9 Å². The van der Waals surface area contributed by atoms with Crippen LogP contribution >= 0.6 is 0 Å². The molecule has 13 heteroatoms. The summed E-state index contributed by atoms with van der Waals surface area (Å²) in [6.45, 7) is 12.4. The Balaban J connectivity index is 1.85.